The van der Waals surface area contributed by atoms with Crippen LogP contribution in [0.15, 0.2) is 29.1 Å². The topological polar surface area (TPSA) is 76.5 Å². The van der Waals surface area contributed by atoms with E-state index in [1.54, 1.807) is 6.07 Å². The number of anilines is 1. The molecule has 3 aliphatic rings. The van der Waals surface area contributed by atoms with Crippen molar-refractivity contribution in [2.75, 3.05) is 37.7 Å². The normalized spacial score (nSPS) is 27.7. The maximum atomic E-state index is 12.3. The molecule has 2 heterocycles. The van der Waals surface area contributed by atoms with Crippen LogP contribution in [0.25, 0.3) is 0 Å². The molecular weight excluding hydrogens is 320 g/mol. The highest BCUT2D eigenvalue weighted by Crippen LogP contribution is 2.42. The predicted molar refractivity (Wildman–Crippen MR) is 93.4 cm³/mol. The number of carbonyl (C=O) groups excluding carboxylic acids is 1. The molecule has 2 aliphatic carbocycles. The van der Waals surface area contributed by atoms with Crippen molar-refractivity contribution in [3.63, 3.8) is 0 Å². The van der Waals surface area contributed by atoms with E-state index in [0.29, 0.717) is 43.3 Å². The van der Waals surface area contributed by atoms with Gasteiger partial charge in [-0.05, 0) is 36.7 Å². The van der Waals surface area contributed by atoms with Crippen LogP contribution in [0.2, 0.25) is 0 Å². The van der Waals surface area contributed by atoms with Crippen LogP contribution in [0.4, 0.5) is 5.82 Å². The van der Waals surface area contributed by atoms with Crippen LogP contribution in [0, 0.1) is 17.8 Å². The average Bonchev–Trinajstić information content (AvgIpc) is 3.26. The van der Waals surface area contributed by atoms with Crippen molar-refractivity contribution in [2.24, 2.45) is 17.8 Å². The minimum absolute atomic E-state index is 0.0341. The van der Waals surface area contributed by atoms with E-state index in [1.165, 1.54) is 17.2 Å². The van der Waals surface area contributed by atoms with Crippen molar-refractivity contribution in [1.82, 2.24) is 15.1 Å². The molecule has 1 aliphatic heterocycles. The summed E-state index contributed by atoms with van der Waals surface area (Å²) in [5.74, 6) is 2.40. The van der Waals surface area contributed by atoms with Crippen molar-refractivity contribution >= 4 is 11.7 Å². The lowest BCUT2D eigenvalue weighted by atomic mass is 9.94. The fourth-order valence-electron chi connectivity index (χ4n) is 4.08. The Hall–Kier alpha value is -2.15. The standard InChI is InChI=1S/C18H24N4O3/c23-17(19-11-15-10-13-1-2-14(15)9-13)12-22-18(24)4-3-16(20-22)21-5-7-25-8-6-21/h1-4,13-15H,5-12H2,(H,19,23)/t13-,14+,15+/m0/s1. The van der Waals surface area contributed by atoms with Crippen molar-refractivity contribution < 1.29 is 9.53 Å². The third-order valence-electron chi connectivity index (χ3n) is 5.46. The third kappa shape index (κ3) is 3.61. The molecular formula is C18H24N4O3. The maximum Gasteiger partial charge on any atom is 0.267 e. The molecule has 25 heavy (non-hydrogen) atoms. The average molecular weight is 344 g/mol. The molecule has 2 bridgehead atoms. The molecule has 1 amide bonds. The smallest absolute Gasteiger partial charge is 0.267 e. The Kier molecular flexibility index (Phi) is 4.57. The number of hydrogen-bond acceptors (Lipinski definition) is 5. The first kappa shape index (κ1) is 16.3. The van der Waals surface area contributed by atoms with Crippen molar-refractivity contribution in [2.45, 2.75) is 19.4 Å². The van der Waals surface area contributed by atoms with Crippen molar-refractivity contribution in [3.8, 4) is 0 Å². The van der Waals surface area contributed by atoms with E-state index in [0.717, 1.165) is 19.5 Å². The minimum Gasteiger partial charge on any atom is -0.378 e. The van der Waals surface area contributed by atoms with Gasteiger partial charge in [0, 0.05) is 25.7 Å². The summed E-state index contributed by atoms with van der Waals surface area (Å²) in [5.41, 5.74) is -0.255. The fraction of sp³-hybridized carbons (Fsp3) is 0.611. The second kappa shape index (κ2) is 7.00. The number of carbonyl (C=O) groups is 1. The molecule has 1 saturated heterocycles. The summed E-state index contributed by atoms with van der Waals surface area (Å²) in [6.07, 6.45) is 6.96. The minimum atomic E-state index is -0.255. The van der Waals surface area contributed by atoms with Crippen molar-refractivity contribution in [1.29, 1.82) is 0 Å². The number of nitrogens with zero attached hydrogens (tertiary/aromatic N) is 3. The number of fused-ring (bicyclic) bond motifs is 2. The molecule has 0 spiro atoms. The zero-order valence-electron chi connectivity index (χ0n) is 14.3. The van der Waals surface area contributed by atoms with Crippen LogP contribution in [-0.2, 0) is 16.1 Å². The lowest BCUT2D eigenvalue weighted by Gasteiger charge is -2.27. The van der Waals surface area contributed by atoms with Gasteiger partial charge in [0.05, 0.1) is 13.2 Å². The van der Waals surface area contributed by atoms with E-state index in [9.17, 15) is 9.59 Å². The molecule has 0 aromatic carbocycles. The summed E-state index contributed by atoms with van der Waals surface area (Å²) >= 11 is 0. The number of amides is 1. The zero-order chi connectivity index (χ0) is 17.2. The molecule has 4 rings (SSSR count). The summed E-state index contributed by atoms with van der Waals surface area (Å²) in [7, 11) is 0. The number of allylic oxidation sites excluding steroid dienone is 2. The van der Waals surface area contributed by atoms with Gasteiger partial charge in [-0.25, -0.2) is 4.68 Å². The number of aromatic nitrogens is 2. The Balaban J connectivity index is 1.35. The number of nitrogens with one attached hydrogen (secondary N) is 1. The number of morpholine rings is 1. The van der Waals surface area contributed by atoms with E-state index in [4.69, 9.17) is 4.74 Å². The Labute approximate surface area is 146 Å². The quantitative estimate of drug-likeness (QED) is 0.783. The molecule has 7 heteroatoms. The van der Waals surface area contributed by atoms with Gasteiger partial charge in [0.1, 0.15) is 12.4 Å². The number of ether oxygens (including phenoxy) is 1. The van der Waals surface area contributed by atoms with Gasteiger partial charge in [-0.15, -0.1) is 0 Å². The molecule has 1 aromatic heterocycles. The summed E-state index contributed by atoms with van der Waals surface area (Å²) in [4.78, 5) is 26.3. The second-order valence-corrected chi connectivity index (χ2v) is 7.13. The van der Waals surface area contributed by atoms with Crippen LogP contribution < -0.4 is 15.8 Å². The van der Waals surface area contributed by atoms with E-state index >= 15 is 0 Å². The van der Waals surface area contributed by atoms with Crippen LogP contribution >= 0.6 is 0 Å². The largest absolute Gasteiger partial charge is 0.378 e. The summed E-state index contributed by atoms with van der Waals surface area (Å²) in [6.45, 7) is 3.44. The van der Waals surface area contributed by atoms with Crippen LogP contribution in [-0.4, -0.2) is 48.5 Å². The van der Waals surface area contributed by atoms with E-state index in [1.807, 2.05) is 0 Å². The van der Waals surface area contributed by atoms with E-state index in [-0.39, 0.29) is 18.0 Å². The molecule has 134 valence electrons. The van der Waals surface area contributed by atoms with Gasteiger partial charge in [-0.1, -0.05) is 12.2 Å². The summed E-state index contributed by atoms with van der Waals surface area (Å²) < 4.78 is 6.59. The third-order valence-corrected chi connectivity index (χ3v) is 5.46. The Morgan fingerprint density at radius 3 is 2.80 bits per heavy atom. The van der Waals surface area contributed by atoms with E-state index < -0.39 is 0 Å². The first-order valence-corrected chi connectivity index (χ1v) is 9.05. The van der Waals surface area contributed by atoms with Gasteiger partial charge in [0.15, 0.2) is 0 Å². The Morgan fingerprint density at radius 2 is 2.08 bits per heavy atom. The first-order valence-electron chi connectivity index (χ1n) is 9.05. The van der Waals surface area contributed by atoms with Crippen molar-refractivity contribution in [3.05, 3.63) is 34.6 Å². The first-order chi connectivity index (χ1) is 12.2. The summed E-state index contributed by atoms with van der Waals surface area (Å²) in [6, 6.07) is 3.19. The molecule has 0 radical (unpaired) electrons. The molecule has 1 saturated carbocycles. The highest BCUT2D eigenvalue weighted by molar-refractivity contribution is 5.75. The molecule has 1 aromatic rings. The molecule has 7 nitrogen and oxygen atoms in total. The van der Waals surface area contributed by atoms with E-state index in [2.05, 4.69) is 27.5 Å². The molecule has 2 fully saturated rings. The van der Waals surface area contributed by atoms with Gasteiger partial charge in [0.2, 0.25) is 5.91 Å². The SMILES string of the molecule is O=C(Cn1nc(N2CCOCC2)ccc1=O)NC[C@H]1C[C@H]2C=C[C@@H]1C2. The highest BCUT2D eigenvalue weighted by atomic mass is 16.5. The van der Waals surface area contributed by atoms with Gasteiger partial charge in [-0.2, -0.15) is 5.10 Å². The number of rotatable bonds is 5. The van der Waals surface area contributed by atoms with Gasteiger partial charge >= 0.3 is 0 Å². The molecule has 3 atom stereocenters. The molecule has 0 unspecified atom stereocenters. The Bertz CT molecular complexity index is 723. The second-order valence-electron chi connectivity index (χ2n) is 7.13. The van der Waals surface area contributed by atoms with Gasteiger partial charge in [-0.3, -0.25) is 9.59 Å². The summed E-state index contributed by atoms with van der Waals surface area (Å²) in [5, 5.41) is 7.33. The van der Waals surface area contributed by atoms with Crippen LogP contribution in [0.5, 0.6) is 0 Å². The zero-order valence-corrected chi connectivity index (χ0v) is 14.3. The van der Waals surface area contributed by atoms with Gasteiger partial charge < -0.3 is 15.0 Å². The monoisotopic (exact) mass is 344 g/mol. The predicted octanol–water partition coefficient (Wildman–Crippen LogP) is 0.408. The van der Waals surface area contributed by atoms with Crippen LogP contribution in [0.1, 0.15) is 12.8 Å². The Morgan fingerprint density at radius 1 is 1.24 bits per heavy atom. The molecule has 1 N–H and O–H groups in total. The van der Waals surface area contributed by atoms with Gasteiger partial charge in [0.25, 0.3) is 5.56 Å². The maximum absolute atomic E-state index is 12.3. The van der Waals surface area contributed by atoms with Crippen LogP contribution in [0.3, 0.4) is 0 Å². The lowest BCUT2D eigenvalue weighted by Crippen LogP contribution is -2.40. The highest BCUT2D eigenvalue weighted by Gasteiger charge is 2.35. The lowest BCUT2D eigenvalue weighted by molar-refractivity contribution is -0.122. The fourth-order valence-corrected chi connectivity index (χ4v) is 4.08. The number of hydrogen-bond donors (Lipinski definition) is 1.